The maximum Gasteiger partial charge on any atom is 0.259 e. The van der Waals surface area contributed by atoms with Gasteiger partial charge in [0.2, 0.25) is 0 Å². The number of carbonyl (C=O) groups is 1. The van der Waals surface area contributed by atoms with Crippen LogP contribution >= 0.6 is 27.5 Å². The second-order valence-electron chi connectivity index (χ2n) is 5.12. The Morgan fingerprint density at radius 3 is 2.69 bits per heavy atom. The summed E-state index contributed by atoms with van der Waals surface area (Å²) in [6, 6.07) is 10.7. The summed E-state index contributed by atoms with van der Waals surface area (Å²) < 4.78 is 11.6. The van der Waals surface area contributed by atoms with Crippen LogP contribution in [0.4, 0.5) is 5.69 Å². The molecule has 2 rings (SSSR count). The highest BCUT2D eigenvalue weighted by molar-refractivity contribution is 9.10. The summed E-state index contributed by atoms with van der Waals surface area (Å²) in [4.78, 5) is 11.8. The van der Waals surface area contributed by atoms with Crippen LogP contribution in [0.5, 0.6) is 11.5 Å². The molecular weight excluding hydrogens is 422 g/mol. The highest BCUT2D eigenvalue weighted by atomic mass is 79.9. The number of benzene rings is 2. The molecule has 0 saturated heterocycles. The lowest BCUT2D eigenvalue weighted by molar-refractivity contribution is -0.119. The summed E-state index contributed by atoms with van der Waals surface area (Å²) in [5.41, 5.74) is 4.02. The van der Waals surface area contributed by atoms with Gasteiger partial charge in [-0.15, -0.1) is 0 Å². The number of nitrogens with zero attached hydrogens (tertiary/aromatic N) is 1. The molecule has 0 aliphatic rings. The Morgan fingerprint density at radius 2 is 2.04 bits per heavy atom. The number of methoxy groups -OCH3 is 1. The fourth-order valence-corrected chi connectivity index (χ4v) is 2.77. The molecule has 2 aromatic carbocycles. The molecule has 0 aromatic heterocycles. The van der Waals surface area contributed by atoms with E-state index in [9.17, 15) is 4.79 Å². The number of amides is 1. The first-order valence-electron chi connectivity index (χ1n) is 7.85. The SMILES string of the molecule is CCOc1c(Br)cc(/C=N\NC(=O)CNc2ccc(Cl)cc2)cc1OC. The van der Waals surface area contributed by atoms with Crippen molar-refractivity contribution in [2.75, 3.05) is 25.6 Å². The van der Waals surface area contributed by atoms with E-state index in [2.05, 4.69) is 31.8 Å². The van der Waals surface area contributed by atoms with Crippen molar-refractivity contribution >= 4 is 45.3 Å². The molecule has 0 bridgehead atoms. The van der Waals surface area contributed by atoms with Gasteiger partial charge >= 0.3 is 0 Å². The minimum atomic E-state index is -0.270. The van der Waals surface area contributed by atoms with Crippen molar-refractivity contribution in [2.24, 2.45) is 5.10 Å². The van der Waals surface area contributed by atoms with Crippen LogP contribution < -0.4 is 20.2 Å². The number of nitrogens with one attached hydrogen (secondary N) is 2. The zero-order valence-corrected chi connectivity index (χ0v) is 16.7. The lowest BCUT2D eigenvalue weighted by atomic mass is 10.2. The Morgan fingerprint density at radius 1 is 1.31 bits per heavy atom. The summed E-state index contributed by atoms with van der Waals surface area (Å²) in [6.45, 7) is 2.52. The molecule has 26 heavy (non-hydrogen) atoms. The van der Waals surface area contributed by atoms with E-state index in [0.29, 0.717) is 23.1 Å². The number of hydrazone groups is 1. The first kappa shape index (κ1) is 20.1. The molecule has 0 unspecified atom stereocenters. The molecule has 0 aliphatic carbocycles. The standard InChI is InChI=1S/C18H19BrClN3O3/c1-3-26-18-15(19)8-12(9-16(18)25-2)10-22-23-17(24)11-21-14-6-4-13(20)5-7-14/h4-10,21H,3,11H2,1-2H3,(H,23,24)/b22-10-. The van der Waals surface area contributed by atoms with E-state index >= 15 is 0 Å². The Kier molecular flexibility index (Phi) is 7.74. The highest BCUT2D eigenvalue weighted by Crippen LogP contribution is 2.36. The molecule has 0 radical (unpaired) electrons. The first-order valence-corrected chi connectivity index (χ1v) is 9.02. The van der Waals surface area contributed by atoms with Crippen molar-refractivity contribution < 1.29 is 14.3 Å². The molecule has 6 nitrogen and oxygen atoms in total. The predicted octanol–water partition coefficient (Wildman–Crippen LogP) is 4.07. The van der Waals surface area contributed by atoms with E-state index in [-0.39, 0.29) is 12.5 Å². The molecule has 0 atom stereocenters. The molecule has 2 N–H and O–H groups in total. The highest BCUT2D eigenvalue weighted by Gasteiger charge is 2.10. The molecule has 8 heteroatoms. The number of rotatable bonds is 8. The average Bonchev–Trinajstić information content (AvgIpc) is 2.63. The van der Waals surface area contributed by atoms with Crippen molar-refractivity contribution in [1.82, 2.24) is 5.43 Å². The van der Waals surface area contributed by atoms with Crippen molar-refractivity contribution in [3.63, 3.8) is 0 Å². The fourth-order valence-electron chi connectivity index (χ4n) is 2.07. The quantitative estimate of drug-likeness (QED) is 0.479. The van der Waals surface area contributed by atoms with E-state index < -0.39 is 0 Å². The van der Waals surface area contributed by atoms with Gasteiger partial charge in [0.05, 0.1) is 30.9 Å². The van der Waals surface area contributed by atoms with Gasteiger partial charge < -0.3 is 14.8 Å². The van der Waals surface area contributed by atoms with Crippen LogP contribution in [0.25, 0.3) is 0 Å². The van der Waals surface area contributed by atoms with Gasteiger partial charge in [-0.1, -0.05) is 11.6 Å². The summed E-state index contributed by atoms with van der Waals surface area (Å²) in [5, 5.41) is 7.58. The number of halogens is 2. The third kappa shape index (κ3) is 5.93. The van der Waals surface area contributed by atoms with Gasteiger partial charge in [0.25, 0.3) is 5.91 Å². The molecule has 0 spiro atoms. The van der Waals surface area contributed by atoms with E-state index in [1.54, 1.807) is 37.4 Å². The zero-order valence-electron chi connectivity index (χ0n) is 14.4. The normalized spacial score (nSPS) is 10.6. The molecule has 1 amide bonds. The number of carbonyl (C=O) groups excluding carboxylic acids is 1. The molecule has 0 aliphatic heterocycles. The van der Waals surface area contributed by atoms with E-state index in [4.69, 9.17) is 21.1 Å². The van der Waals surface area contributed by atoms with Gasteiger partial charge in [-0.3, -0.25) is 4.79 Å². The van der Waals surface area contributed by atoms with E-state index in [1.165, 1.54) is 6.21 Å². The minimum absolute atomic E-state index is 0.0925. The summed E-state index contributed by atoms with van der Waals surface area (Å²) in [6.07, 6.45) is 1.53. The van der Waals surface area contributed by atoms with Crippen LogP contribution in [0.15, 0.2) is 46.0 Å². The minimum Gasteiger partial charge on any atom is -0.493 e. The van der Waals surface area contributed by atoms with Crippen molar-refractivity contribution in [1.29, 1.82) is 0 Å². The van der Waals surface area contributed by atoms with Crippen LogP contribution in [-0.4, -0.2) is 32.4 Å². The van der Waals surface area contributed by atoms with Gasteiger partial charge in [0.1, 0.15) is 0 Å². The third-order valence-corrected chi connectivity index (χ3v) is 4.08. The van der Waals surface area contributed by atoms with Crippen LogP contribution in [0.1, 0.15) is 12.5 Å². The van der Waals surface area contributed by atoms with E-state index in [1.807, 2.05) is 13.0 Å². The topological polar surface area (TPSA) is 72.0 Å². The number of hydrogen-bond donors (Lipinski definition) is 2. The van der Waals surface area contributed by atoms with Gasteiger partial charge in [0, 0.05) is 10.7 Å². The summed E-state index contributed by atoms with van der Waals surface area (Å²) in [5.74, 6) is 0.940. The average molecular weight is 441 g/mol. The molecular formula is C18H19BrClN3O3. The third-order valence-electron chi connectivity index (χ3n) is 3.24. The largest absolute Gasteiger partial charge is 0.493 e. The van der Waals surface area contributed by atoms with Gasteiger partial charge in [-0.25, -0.2) is 5.43 Å². The van der Waals surface area contributed by atoms with E-state index in [0.717, 1.165) is 15.7 Å². The molecule has 138 valence electrons. The predicted molar refractivity (Wildman–Crippen MR) is 108 cm³/mol. The molecule has 0 fully saturated rings. The lowest BCUT2D eigenvalue weighted by Crippen LogP contribution is -2.25. The molecule has 0 saturated carbocycles. The maximum atomic E-state index is 11.8. The maximum absolute atomic E-state index is 11.8. The number of hydrogen-bond acceptors (Lipinski definition) is 5. The Labute approximate surface area is 165 Å². The van der Waals surface area contributed by atoms with Crippen LogP contribution in [0.2, 0.25) is 5.02 Å². The molecule has 2 aromatic rings. The summed E-state index contributed by atoms with van der Waals surface area (Å²) in [7, 11) is 1.56. The van der Waals surface area contributed by atoms with Crippen LogP contribution in [-0.2, 0) is 4.79 Å². The number of ether oxygens (including phenoxy) is 2. The van der Waals surface area contributed by atoms with Gasteiger partial charge in [-0.2, -0.15) is 5.10 Å². The monoisotopic (exact) mass is 439 g/mol. The lowest BCUT2D eigenvalue weighted by Gasteiger charge is -2.12. The fraction of sp³-hybridized carbons (Fsp3) is 0.222. The van der Waals surface area contributed by atoms with Crippen LogP contribution in [0, 0.1) is 0 Å². The Hall–Kier alpha value is -2.25. The van der Waals surface area contributed by atoms with Gasteiger partial charge in [0.15, 0.2) is 11.5 Å². The molecule has 0 heterocycles. The van der Waals surface area contributed by atoms with Crippen molar-refractivity contribution in [3.05, 3.63) is 51.5 Å². The smallest absolute Gasteiger partial charge is 0.259 e. The van der Waals surface area contributed by atoms with Crippen LogP contribution in [0.3, 0.4) is 0 Å². The van der Waals surface area contributed by atoms with Crippen molar-refractivity contribution in [3.8, 4) is 11.5 Å². The van der Waals surface area contributed by atoms with Gasteiger partial charge in [-0.05, 0) is 64.8 Å². The Balaban J connectivity index is 1.91. The second-order valence-corrected chi connectivity index (χ2v) is 6.41. The number of anilines is 1. The van der Waals surface area contributed by atoms with Crippen molar-refractivity contribution in [2.45, 2.75) is 6.92 Å². The first-order chi connectivity index (χ1) is 12.5. The zero-order chi connectivity index (χ0) is 18.9. The summed E-state index contributed by atoms with van der Waals surface area (Å²) >= 11 is 9.26. The second kappa shape index (κ2) is 10.0. The Bertz CT molecular complexity index is 782.